The maximum Gasteiger partial charge on any atom is 0.342 e. The number of nitrogens with one attached hydrogen (secondary N) is 1. The van der Waals surface area contributed by atoms with Crippen molar-refractivity contribution in [2.75, 3.05) is 0 Å². The first kappa shape index (κ1) is 16.7. The fourth-order valence-corrected chi connectivity index (χ4v) is 1.83. The van der Waals surface area contributed by atoms with E-state index in [1.165, 1.54) is 12.3 Å². The summed E-state index contributed by atoms with van der Waals surface area (Å²) in [5, 5.41) is 16.9. The van der Waals surface area contributed by atoms with Crippen molar-refractivity contribution in [3.8, 4) is 11.6 Å². The number of hydrogen-bond acceptors (Lipinski definition) is 5. The molecule has 0 radical (unpaired) electrons. The van der Waals surface area contributed by atoms with Gasteiger partial charge in [-0.05, 0) is 13.8 Å². The van der Waals surface area contributed by atoms with Crippen LogP contribution < -0.4 is 10.1 Å². The standard InChI is InChI=1S/C13H12ClFN4O4/c1-7(2)16-13(20)18-4-3-12(17-18)23-11-6-9(15)10(19(21)22)5-8(11)14/h3-7H,1-2H3,(H,16,20). The third kappa shape index (κ3) is 3.95. The van der Waals surface area contributed by atoms with E-state index >= 15 is 0 Å². The number of benzene rings is 1. The molecule has 0 fully saturated rings. The number of nitro benzene ring substituents is 1. The Kier molecular flexibility index (Phi) is 4.80. The second kappa shape index (κ2) is 6.61. The highest BCUT2D eigenvalue weighted by atomic mass is 35.5. The van der Waals surface area contributed by atoms with Crippen molar-refractivity contribution in [1.82, 2.24) is 15.1 Å². The van der Waals surface area contributed by atoms with Gasteiger partial charge in [-0.3, -0.25) is 10.1 Å². The molecule has 10 heteroatoms. The molecule has 1 N–H and O–H groups in total. The molecule has 0 aliphatic heterocycles. The third-order valence-electron chi connectivity index (χ3n) is 2.60. The minimum absolute atomic E-state index is 0.0148. The van der Waals surface area contributed by atoms with Crippen LogP contribution in [-0.2, 0) is 0 Å². The Morgan fingerprint density at radius 1 is 1.52 bits per heavy atom. The van der Waals surface area contributed by atoms with Crippen molar-refractivity contribution >= 4 is 23.3 Å². The van der Waals surface area contributed by atoms with Gasteiger partial charge in [0.05, 0.1) is 9.95 Å². The van der Waals surface area contributed by atoms with E-state index in [-0.39, 0.29) is 22.7 Å². The summed E-state index contributed by atoms with van der Waals surface area (Å²) in [5.41, 5.74) is -0.760. The van der Waals surface area contributed by atoms with Crippen LogP contribution in [0.4, 0.5) is 14.9 Å². The average Bonchev–Trinajstić information content (AvgIpc) is 2.90. The second-order valence-corrected chi connectivity index (χ2v) is 5.20. The average molecular weight is 343 g/mol. The first-order chi connectivity index (χ1) is 10.8. The smallest absolute Gasteiger partial charge is 0.342 e. The van der Waals surface area contributed by atoms with Gasteiger partial charge in [-0.1, -0.05) is 11.6 Å². The van der Waals surface area contributed by atoms with Crippen LogP contribution in [0.2, 0.25) is 5.02 Å². The summed E-state index contributed by atoms with van der Waals surface area (Å²) in [6, 6.07) is 2.46. The first-order valence-corrected chi connectivity index (χ1v) is 6.83. The summed E-state index contributed by atoms with van der Waals surface area (Å²) < 4.78 is 19.8. The van der Waals surface area contributed by atoms with Gasteiger partial charge in [-0.25, -0.2) is 4.79 Å². The quantitative estimate of drug-likeness (QED) is 0.678. The van der Waals surface area contributed by atoms with Crippen LogP contribution in [0.5, 0.6) is 11.6 Å². The molecule has 1 heterocycles. The monoisotopic (exact) mass is 342 g/mol. The molecular formula is C13H12ClFN4O4. The molecule has 122 valence electrons. The van der Waals surface area contributed by atoms with Crippen molar-refractivity contribution in [3.63, 3.8) is 0 Å². The van der Waals surface area contributed by atoms with E-state index in [1.807, 2.05) is 0 Å². The highest BCUT2D eigenvalue weighted by Crippen LogP contribution is 2.33. The summed E-state index contributed by atoms with van der Waals surface area (Å²) in [5.74, 6) is -1.25. The molecule has 0 aliphatic rings. The number of nitrogens with zero attached hydrogens (tertiary/aromatic N) is 3. The zero-order valence-electron chi connectivity index (χ0n) is 12.1. The Hall–Kier alpha value is -2.68. The van der Waals surface area contributed by atoms with Crippen LogP contribution in [0.3, 0.4) is 0 Å². The van der Waals surface area contributed by atoms with Gasteiger partial charge in [-0.2, -0.15) is 9.07 Å². The van der Waals surface area contributed by atoms with Crippen LogP contribution in [0.25, 0.3) is 0 Å². The number of halogens is 2. The van der Waals surface area contributed by atoms with Crippen LogP contribution >= 0.6 is 11.6 Å². The summed E-state index contributed by atoms with van der Waals surface area (Å²) in [6.45, 7) is 3.58. The van der Waals surface area contributed by atoms with Crippen molar-refractivity contribution in [2.24, 2.45) is 0 Å². The highest BCUT2D eigenvalue weighted by molar-refractivity contribution is 6.32. The number of ether oxygens (including phenoxy) is 1. The first-order valence-electron chi connectivity index (χ1n) is 6.45. The predicted octanol–water partition coefficient (Wildman–Crippen LogP) is 3.34. The van der Waals surface area contributed by atoms with Gasteiger partial charge in [0.2, 0.25) is 11.7 Å². The molecule has 0 spiro atoms. The summed E-state index contributed by atoms with van der Waals surface area (Å²) in [6.07, 6.45) is 1.35. The summed E-state index contributed by atoms with van der Waals surface area (Å²) in [4.78, 5) is 21.5. The number of hydrogen-bond donors (Lipinski definition) is 1. The second-order valence-electron chi connectivity index (χ2n) is 4.80. The molecule has 1 aromatic carbocycles. The van der Waals surface area contributed by atoms with E-state index < -0.39 is 22.5 Å². The van der Waals surface area contributed by atoms with Gasteiger partial charge in [0.25, 0.3) is 0 Å². The van der Waals surface area contributed by atoms with Crippen LogP contribution in [-0.4, -0.2) is 26.8 Å². The minimum Gasteiger partial charge on any atom is -0.436 e. The van der Waals surface area contributed by atoms with Crippen molar-refractivity contribution < 1.29 is 18.8 Å². The van der Waals surface area contributed by atoms with E-state index in [4.69, 9.17) is 16.3 Å². The maximum atomic E-state index is 13.6. The number of nitro groups is 1. The van der Waals surface area contributed by atoms with Crippen molar-refractivity contribution in [2.45, 2.75) is 19.9 Å². The minimum atomic E-state index is -1.09. The number of aromatic nitrogens is 2. The molecule has 0 aliphatic carbocycles. The van der Waals surface area contributed by atoms with Crippen molar-refractivity contribution in [1.29, 1.82) is 0 Å². The van der Waals surface area contributed by atoms with Gasteiger partial charge in [0.1, 0.15) is 0 Å². The lowest BCUT2D eigenvalue weighted by Gasteiger charge is -2.07. The van der Waals surface area contributed by atoms with E-state index in [1.54, 1.807) is 13.8 Å². The van der Waals surface area contributed by atoms with E-state index in [0.717, 1.165) is 16.8 Å². The van der Waals surface area contributed by atoms with Crippen molar-refractivity contribution in [3.05, 3.63) is 45.4 Å². The zero-order chi connectivity index (χ0) is 17.1. The Balaban J connectivity index is 2.20. The fraction of sp³-hybridized carbons (Fsp3) is 0.231. The summed E-state index contributed by atoms with van der Waals surface area (Å²) in [7, 11) is 0. The Morgan fingerprint density at radius 3 is 2.83 bits per heavy atom. The Labute approximate surface area is 135 Å². The molecule has 0 saturated carbocycles. The molecule has 2 aromatic rings. The number of carbonyl (C=O) groups excluding carboxylic acids is 1. The Bertz CT molecular complexity index is 762. The molecule has 8 nitrogen and oxygen atoms in total. The molecule has 0 unspecified atom stereocenters. The van der Waals surface area contributed by atoms with Crippen LogP contribution in [0.15, 0.2) is 24.4 Å². The van der Waals surface area contributed by atoms with Gasteiger partial charge in [0.15, 0.2) is 5.75 Å². The molecule has 0 bridgehead atoms. The third-order valence-corrected chi connectivity index (χ3v) is 2.89. The Morgan fingerprint density at radius 2 is 2.22 bits per heavy atom. The van der Waals surface area contributed by atoms with E-state index in [2.05, 4.69) is 10.4 Å². The molecule has 2 rings (SSSR count). The maximum absolute atomic E-state index is 13.6. The zero-order valence-corrected chi connectivity index (χ0v) is 12.9. The molecular weight excluding hydrogens is 331 g/mol. The lowest BCUT2D eigenvalue weighted by atomic mass is 10.3. The molecule has 1 aromatic heterocycles. The molecule has 1 amide bonds. The predicted molar refractivity (Wildman–Crippen MR) is 79.4 cm³/mol. The highest BCUT2D eigenvalue weighted by Gasteiger charge is 2.19. The number of amides is 1. The van der Waals surface area contributed by atoms with Crippen LogP contribution in [0, 0.1) is 15.9 Å². The lowest BCUT2D eigenvalue weighted by Crippen LogP contribution is -2.34. The van der Waals surface area contributed by atoms with Crippen LogP contribution in [0.1, 0.15) is 13.8 Å². The lowest BCUT2D eigenvalue weighted by molar-refractivity contribution is -0.387. The van der Waals surface area contributed by atoms with Gasteiger partial charge >= 0.3 is 11.7 Å². The SMILES string of the molecule is CC(C)NC(=O)n1ccc(Oc2cc(F)c([N+](=O)[O-])cc2Cl)n1. The van der Waals surface area contributed by atoms with Gasteiger partial charge in [0, 0.05) is 30.4 Å². The summed E-state index contributed by atoms with van der Waals surface area (Å²) >= 11 is 5.82. The number of rotatable bonds is 4. The van der Waals surface area contributed by atoms with Gasteiger partial charge < -0.3 is 10.1 Å². The number of carbonyl (C=O) groups is 1. The molecule has 0 saturated heterocycles. The molecule has 0 atom stereocenters. The fourth-order valence-electron chi connectivity index (χ4n) is 1.64. The van der Waals surface area contributed by atoms with Gasteiger partial charge in [-0.15, -0.1) is 5.10 Å². The molecule has 23 heavy (non-hydrogen) atoms. The normalized spacial score (nSPS) is 10.7. The van der Waals surface area contributed by atoms with E-state index in [9.17, 15) is 19.3 Å². The van der Waals surface area contributed by atoms with E-state index in [0.29, 0.717) is 0 Å². The largest absolute Gasteiger partial charge is 0.436 e. The topological polar surface area (TPSA) is 99.3 Å².